The highest BCUT2D eigenvalue weighted by atomic mass is 16.5. The Kier molecular flexibility index (Phi) is 6.36. The molecule has 3 rings (SSSR count). The quantitative estimate of drug-likeness (QED) is 0.469. The normalized spacial score (nSPS) is 13.7. The van der Waals surface area contributed by atoms with Crippen LogP contribution in [-0.4, -0.2) is 33.2 Å². The molecule has 0 unspecified atom stereocenters. The number of benzene rings is 2. The summed E-state index contributed by atoms with van der Waals surface area (Å²) >= 11 is 0. The molecule has 5 nitrogen and oxygen atoms in total. The van der Waals surface area contributed by atoms with Crippen LogP contribution in [-0.2, 0) is 13.1 Å². The lowest BCUT2D eigenvalue weighted by molar-refractivity contribution is 0.408. The number of guanidine groups is 1. The first kappa shape index (κ1) is 18.8. The largest absolute Gasteiger partial charge is 0.496 e. The summed E-state index contributed by atoms with van der Waals surface area (Å²) < 4.78 is 5.47. The number of aryl methyl sites for hydroxylation is 1. The van der Waals surface area contributed by atoms with Crippen LogP contribution in [0.4, 0.5) is 5.69 Å². The second-order valence-corrected chi connectivity index (χ2v) is 6.64. The van der Waals surface area contributed by atoms with E-state index < -0.39 is 0 Å². The second-order valence-electron chi connectivity index (χ2n) is 6.64. The Morgan fingerprint density at radius 2 is 1.74 bits per heavy atom. The van der Waals surface area contributed by atoms with Crippen LogP contribution in [0.25, 0.3) is 0 Å². The first-order valence-electron chi connectivity index (χ1n) is 9.26. The summed E-state index contributed by atoms with van der Waals surface area (Å²) in [5.74, 6) is 1.66. The van der Waals surface area contributed by atoms with E-state index in [1.165, 1.54) is 16.8 Å². The highest BCUT2D eigenvalue weighted by molar-refractivity contribution is 5.79. The molecule has 0 aromatic heterocycles. The molecule has 2 aromatic rings. The molecule has 5 heteroatoms. The summed E-state index contributed by atoms with van der Waals surface area (Å²) in [6.07, 6.45) is 4.41. The zero-order chi connectivity index (χ0) is 19.1. The topological polar surface area (TPSA) is 48.9 Å². The number of aliphatic imine (C=N–C) groups is 1. The first-order chi connectivity index (χ1) is 13.2. The van der Waals surface area contributed by atoms with Gasteiger partial charge in [0.2, 0.25) is 0 Å². The maximum atomic E-state index is 5.47. The maximum Gasteiger partial charge on any atom is 0.191 e. The molecular formula is C22H28N4O. The van der Waals surface area contributed by atoms with E-state index in [0.717, 1.165) is 36.9 Å². The van der Waals surface area contributed by atoms with Crippen LogP contribution in [0.15, 0.2) is 59.6 Å². The molecule has 142 valence electrons. The van der Waals surface area contributed by atoms with Gasteiger partial charge in [0.25, 0.3) is 0 Å². The van der Waals surface area contributed by atoms with Crippen molar-refractivity contribution in [1.82, 2.24) is 10.6 Å². The molecule has 0 aliphatic carbocycles. The average molecular weight is 364 g/mol. The lowest BCUT2D eigenvalue weighted by Crippen LogP contribution is -2.36. The lowest BCUT2D eigenvalue weighted by Gasteiger charge is -2.18. The van der Waals surface area contributed by atoms with Gasteiger partial charge in [0.1, 0.15) is 5.75 Å². The SMILES string of the molecule is CN=C(NCc1ccc(N2CC=CC2)cc1)NCc1ccc(C)cc1OC. The first-order valence-corrected chi connectivity index (χ1v) is 9.26. The molecule has 0 radical (unpaired) electrons. The molecule has 27 heavy (non-hydrogen) atoms. The maximum absolute atomic E-state index is 5.47. The fourth-order valence-corrected chi connectivity index (χ4v) is 3.10. The molecule has 2 aromatic carbocycles. The molecule has 0 saturated carbocycles. The van der Waals surface area contributed by atoms with Gasteiger partial charge in [0, 0.05) is 44.5 Å². The summed E-state index contributed by atoms with van der Waals surface area (Å²) in [7, 11) is 3.48. The van der Waals surface area contributed by atoms with E-state index in [1.807, 2.05) is 6.07 Å². The van der Waals surface area contributed by atoms with Gasteiger partial charge in [0.15, 0.2) is 5.96 Å². The number of anilines is 1. The molecule has 1 aliphatic rings. The monoisotopic (exact) mass is 364 g/mol. The number of nitrogens with zero attached hydrogens (tertiary/aromatic N) is 2. The van der Waals surface area contributed by atoms with E-state index in [1.54, 1.807) is 14.2 Å². The molecular weight excluding hydrogens is 336 g/mol. The predicted octanol–water partition coefficient (Wildman–Crippen LogP) is 3.25. The van der Waals surface area contributed by atoms with Gasteiger partial charge >= 0.3 is 0 Å². The fourth-order valence-electron chi connectivity index (χ4n) is 3.10. The van der Waals surface area contributed by atoms with Crippen molar-refractivity contribution in [1.29, 1.82) is 0 Å². The van der Waals surface area contributed by atoms with Gasteiger partial charge < -0.3 is 20.3 Å². The summed E-state index contributed by atoms with van der Waals surface area (Å²) in [4.78, 5) is 6.65. The zero-order valence-electron chi connectivity index (χ0n) is 16.3. The van der Waals surface area contributed by atoms with Gasteiger partial charge in [-0.2, -0.15) is 0 Å². The number of rotatable bonds is 6. The minimum atomic E-state index is 0.657. The van der Waals surface area contributed by atoms with Crippen molar-refractivity contribution in [2.75, 3.05) is 32.1 Å². The minimum Gasteiger partial charge on any atom is -0.496 e. The lowest BCUT2D eigenvalue weighted by atomic mass is 10.1. The van der Waals surface area contributed by atoms with Crippen LogP contribution in [0.2, 0.25) is 0 Å². The third kappa shape index (κ3) is 5.03. The van der Waals surface area contributed by atoms with Crippen molar-refractivity contribution in [3.05, 3.63) is 71.3 Å². The molecule has 0 spiro atoms. The number of nitrogens with one attached hydrogen (secondary N) is 2. The van der Waals surface area contributed by atoms with Gasteiger partial charge in [-0.15, -0.1) is 0 Å². The van der Waals surface area contributed by atoms with Gasteiger partial charge in [-0.05, 0) is 36.2 Å². The number of hydrogen-bond donors (Lipinski definition) is 2. The van der Waals surface area contributed by atoms with Crippen LogP contribution in [0, 0.1) is 6.92 Å². The van der Waals surface area contributed by atoms with Gasteiger partial charge in [-0.3, -0.25) is 4.99 Å². The highest BCUT2D eigenvalue weighted by Crippen LogP contribution is 2.20. The Morgan fingerprint density at radius 3 is 2.41 bits per heavy atom. The molecule has 0 fully saturated rings. The standard InChI is InChI=1S/C22H28N4O/c1-17-6-9-19(21(14-17)27-3)16-25-22(23-2)24-15-18-7-10-20(11-8-18)26-12-4-5-13-26/h4-11,14H,12-13,15-16H2,1-3H3,(H2,23,24,25). The fraction of sp³-hybridized carbons (Fsp3) is 0.318. The van der Waals surface area contributed by atoms with Crippen LogP contribution in [0.1, 0.15) is 16.7 Å². The van der Waals surface area contributed by atoms with Crippen molar-refractivity contribution in [3.8, 4) is 5.75 Å². The van der Waals surface area contributed by atoms with Crippen molar-refractivity contribution in [2.45, 2.75) is 20.0 Å². The number of hydrogen-bond acceptors (Lipinski definition) is 3. The summed E-state index contributed by atoms with van der Waals surface area (Å²) in [5, 5.41) is 6.71. The van der Waals surface area contributed by atoms with Crippen LogP contribution in [0.5, 0.6) is 5.75 Å². The van der Waals surface area contributed by atoms with Gasteiger partial charge in [-0.25, -0.2) is 0 Å². The Labute approximate surface area is 161 Å². The summed E-state index contributed by atoms with van der Waals surface area (Å²) in [5.41, 5.74) is 4.78. The number of ether oxygens (including phenoxy) is 1. The minimum absolute atomic E-state index is 0.657. The van der Waals surface area contributed by atoms with E-state index in [4.69, 9.17) is 4.74 Å². The number of methoxy groups -OCH3 is 1. The van der Waals surface area contributed by atoms with Gasteiger partial charge in [0.05, 0.1) is 7.11 Å². The third-order valence-corrected chi connectivity index (χ3v) is 4.69. The third-order valence-electron chi connectivity index (χ3n) is 4.69. The molecule has 0 saturated heterocycles. The smallest absolute Gasteiger partial charge is 0.191 e. The Bertz CT molecular complexity index is 804. The zero-order valence-corrected chi connectivity index (χ0v) is 16.3. The van der Waals surface area contributed by atoms with E-state index in [-0.39, 0.29) is 0 Å². The molecule has 1 aliphatic heterocycles. The summed E-state index contributed by atoms with van der Waals surface area (Å²) in [6, 6.07) is 14.9. The Hall–Kier alpha value is -2.95. The summed E-state index contributed by atoms with van der Waals surface area (Å²) in [6.45, 7) is 5.44. The van der Waals surface area contributed by atoms with Crippen LogP contribution < -0.4 is 20.3 Å². The van der Waals surface area contributed by atoms with Gasteiger partial charge in [-0.1, -0.05) is 36.4 Å². The van der Waals surface area contributed by atoms with E-state index in [2.05, 4.69) is 76.0 Å². The Balaban J connectivity index is 1.52. The van der Waals surface area contributed by atoms with Crippen molar-refractivity contribution >= 4 is 11.6 Å². The molecule has 1 heterocycles. The van der Waals surface area contributed by atoms with Crippen LogP contribution >= 0.6 is 0 Å². The predicted molar refractivity (Wildman–Crippen MR) is 113 cm³/mol. The average Bonchev–Trinajstić information content (AvgIpc) is 3.24. The Morgan fingerprint density at radius 1 is 1.04 bits per heavy atom. The van der Waals surface area contributed by atoms with Crippen molar-refractivity contribution in [3.63, 3.8) is 0 Å². The molecule has 0 atom stereocenters. The van der Waals surface area contributed by atoms with E-state index in [9.17, 15) is 0 Å². The molecule has 0 amide bonds. The van der Waals surface area contributed by atoms with Crippen LogP contribution in [0.3, 0.4) is 0 Å². The van der Waals surface area contributed by atoms with E-state index >= 15 is 0 Å². The van der Waals surface area contributed by atoms with Crippen molar-refractivity contribution in [2.24, 2.45) is 4.99 Å². The molecule has 0 bridgehead atoms. The van der Waals surface area contributed by atoms with E-state index in [0.29, 0.717) is 6.54 Å². The van der Waals surface area contributed by atoms with Crippen molar-refractivity contribution < 1.29 is 4.74 Å². The highest BCUT2D eigenvalue weighted by Gasteiger charge is 2.08. The molecule has 2 N–H and O–H groups in total. The second kappa shape index (κ2) is 9.12.